The predicted octanol–water partition coefficient (Wildman–Crippen LogP) is 4.10. The van der Waals surface area contributed by atoms with Crippen LogP contribution in [-0.4, -0.2) is 47.1 Å². The fourth-order valence-corrected chi connectivity index (χ4v) is 5.32. The van der Waals surface area contributed by atoms with Crippen LogP contribution in [0.25, 0.3) is 0 Å². The molecule has 3 fully saturated rings. The van der Waals surface area contributed by atoms with Gasteiger partial charge in [-0.15, -0.1) is 0 Å². The maximum Gasteiger partial charge on any atom is 0.433 e. The number of alkyl halides is 3. The summed E-state index contributed by atoms with van der Waals surface area (Å²) >= 11 is 0. The van der Waals surface area contributed by atoms with Gasteiger partial charge in [0.2, 0.25) is 5.91 Å². The molecule has 4 rings (SSSR count). The lowest BCUT2D eigenvalue weighted by Crippen LogP contribution is -2.55. The van der Waals surface area contributed by atoms with Crippen LogP contribution < -0.4 is 4.90 Å². The average Bonchev–Trinajstić information content (AvgIpc) is 3.05. The smallest absolute Gasteiger partial charge is 0.433 e. The number of ether oxygens (including phenoxy) is 1. The van der Waals surface area contributed by atoms with E-state index in [4.69, 9.17) is 4.74 Å². The number of pyridine rings is 1. The minimum atomic E-state index is -4.51. The van der Waals surface area contributed by atoms with Crippen LogP contribution in [0.3, 0.4) is 0 Å². The minimum Gasteiger partial charge on any atom is -0.444 e. The van der Waals surface area contributed by atoms with Gasteiger partial charge in [-0.05, 0) is 64.0 Å². The molecule has 2 amide bonds. The number of carbonyl (C=O) groups excluding carboxylic acids is 2. The van der Waals surface area contributed by atoms with E-state index in [1.54, 1.807) is 9.80 Å². The molecule has 2 saturated heterocycles. The van der Waals surface area contributed by atoms with Crippen LogP contribution in [0.15, 0.2) is 18.3 Å². The summed E-state index contributed by atoms with van der Waals surface area (Å²) in [4.78, 5) is 32.8. The highest BCUT2D eigenvalue weighted by molar-refractivity contribution is 6.00. The lowest BCUT2D eigenvalue weighted by Gasteiger charge is -2.44. The second-order valence-electron chi connectivity index (χ2n) is 9.50. The van der Waals surface area contributed by atoms with Gasteiger partial charge in [-0.1, -0.05) is 0 Å². The number of likely N-dealkylation sites (tertiary alicyclic amines) is 1. The summed E-state index contributed by atoms with van der Waals surface area (Å²) in [5.41, 5.74) is -1.72. The number of aromatic nitrogens is 1. The zero-order chi connectivity index (χ0) is 21.9. The van der Waals surface area contributed by atoms with Crippen LogP contribution in [-0.2, 0) is 15.7 Å². The van der Waals surface area contributed by atoms with E-state index in [1.807, 2.05) is 20.8 Å². The van der Waals surface area contributed by atoms with Crippen molar-refractivity contribution in [2.24, 2.45) is 17.3 Å². The number of carbonyl (C=O) groups is 2. The quantitative estimate of drug-likeness (QED) is 0.680. The van der Waals surface area contributed by atoms with Gasteiger partial charge < -0.3 is 14.5 Å². The Morgan fingerprint density at radius 3 is 2.30 bits per heavy atom. The second kappa shape index (κ2) is 6.85. The van der Waals surface area contributed by atoms with Crippen LogP contribution in [0.4, 0.5) is 23.7 Å². The first-order chi connectivity index (χ1) is 13.9. The van der Waals surface area contributed by atoms with Crippen molar-refractivity contribution in [3.05, 3.63) is 24.0 Å². The van der Waals surface area contributed by atoms with Gasteiger partial charge in [0.25, 0.3) is 0 Å². The Morgan fingerprint density at radius 1 is 1.17 bits per heavy atom. The number of amides is 2. The van der Waals surface area contributed by atoms with Crippen molar-refractivity contribution in [1.82, 2.24) is 9.88 Å². The molecule has 164 valence electrons. The molecule has 1 aromatic rings. The highest BCUT2D eigenvalue weighted by Crippen LogP contribution is 2.57. The third-order valence-electron chi connectivity index (χ3n) is 6.60. The topological polar surface area (TPSA) is 62.7 Å². The zero-order valence-electron chi connectivity index (χ0n) is 17.3. The van der Waals surface area contributed by atoms with E-state index < -0.39 is 22.9 Å². The molecule has 0 radical (unpaired) electrons. The maximum atomic E-state index is 13.5. The Labute approximate surface area is 173 Å². The van der Waals surface area contributed by atoms with E-state index in [9.17, 15) is 22.8 Å². The fraction of sp³-hybridized carbons (Fsp3) is 0.667. The molecule has 9 heteroatoms. The standard InChI is InChI=1S/C21H26F3N3O3/c1-19(2,3)30-18(29)26-11-13-4-5-14(12-26)20(13)8-9-27(17(20)28)15-6-7-16(25-10-15)21(22,23)24/h6-7,10,13-14H,4-5,8-9,11-12H2,1-3H3. The van der Waals surface area contributed by atoms with E-state index in [0.717, 1.165) is 25.1 Å². The van der Waals surface area contributed by atoms with Crippen molar-refractivity contribution >= 4 is 17.7 Å². The molecule has 6 nitrogen and oxygen atoms in total. The molecular formula is C21H26F3N3O3. The first kappa shape index (κ1) is 20.9. The molecule has 0 N–H and O–H groups in total. The van der Waals surface area contributed by atoms with E-state index in [1.165, 1.54) is 6.07 Å². The Morgan fingerprint density at radius 2 is 1.80 bits per heavy atom. The maximum absolute atomic E-state index is 13.5. The molecule has 2 unspecified atom stereocenters. The van der Waals surface area contributed by atoms with Gasteiger partial charge >= 0.3 is 12.3 Å². The van der Waals surface area contributed by atoms with Crippen LogP contribution in [0, 0.1) is 17.3 Å². The summed E-state index contributed by atoms with van der Waals surface area (Å²) < 4.78 is 43.9. The number of hydrogen-bond donors (Lipinski definition) is 0. The molecule has 1 aromatic heterocycles. The molecule has 1 aliphatic carbocycles. The van der Waals surface area contributed by atoms with Crippen LogP contribution >= 0.6 is 0 Å². The first-order valence-electron chi connectivity index (χ1n) is 10.2. The summed E-state index contributed by atoms with van der Waals surface area (Å²) in [5.74, 6) is 0.00718. The van der Waals surface area contributed by atoms with Crippen molar-refractivity contribution in [3.63, 3.8) is 0 Å². The third-order valence-corrected chi connectivity index (χ3v) is 6.60. The lowest BCUT2D eigenvalue weighted by molar-refractivity contribution is -0.141. The SMILES string of the molecule is CC(C)(C)OC(=O)N1CC2CCC(C1)C21CCN(c2ccc(C(F)(F)F)nc2)C1=O. The number of anilines is 1. The Balaban J connectivity index is 1.52. The van der Waals surface area contributed by atoms with Crippen LogP contribution in [0.5, 0.6) is 0 Å². The van der Waals surface area contributed by atoms with Gasteiger partial charge in [0.05, 0.1) is 17.3 Å². The van der Waals surface area contributed by atoms with Gasteiger partial charge in [-0.2, -0.15) is 13.2 Å². The number of halogens is 3. The molecule has 3 aliphatic rings. The van der Waals surface area contributed by atoms with Gasteiger partial charge in [-0.3, -0.25) is 4.79 Å². The highest BCUT2D eigenvalue weighted by atomic mass is 19.4. The van der Waals surface area contributed by atoms with E-state index in [0.29, 0.717) is 31.7 Å². The molecule has 3 heterocycles. The van der Waals surface area contributed by atoms with E-state index in [-0.39, 0.29) is 23.8 Å². The summed E-state index contributed by atoms with van der Waals surface area (Å²) in [6, 6.07) is 2.22. The average molecular weight is 425 g/mol. The second-order valence-corrected chi connectivity index (χ2v) is 9.50. The van der Waals surface area contributed by atoms with Crippen molar-refractivity contribution in [1.29, 1.82) is 0 Å². The van der Waals surface area contributed by atoms with Crippen molar-refractivity contribution in [3.8, 4) is 0 Å². The highest BCUT2D eigenvalue weighted by Gasteiger charge is 2.62. The normalized spacial score (nSPS) is 29.1. The lowest BCUT2D eigenvalue weighted by atomic mass is 9.68. The fourth-order valence-electron chi connectivity index (χ4n) is 5.32. The molecular weight excluding hydrogens is 399 g/mol. The predicted molar refractivity (Wildman–Crippen MR) is 103 cm³/mol. The number of hydrogen-bond acceptors (Lipinski definition) is 4. The number of piperidine rings is 1. The summed E-state index contributed by atoms with van der Waals surface area (Å²) in [5, 5.41) is 0. The Bertz CT molecular complexity index is 834. The van der Waals surface area contributed by atoms with E-state index in [2.05, 4.69) is 4.98 Å². The van der Waals surface area contributed by atoms with Gasteiger partial charge in [0, 0.05) is 19.6 Å². The Kier molecular flexibility index (Phi) is 4.78. The van der Waals surface area contributed by atoms with Crippen LogP contribution in [0.1, 0.15) is 45.7 Å². The molecule has 1 spiro atoms. The first-order valence-corrected chi connectivity index (χ1v) is 10.2. The third kappa shape index (κ3) is 3.41. The minimum absolute atomic E-state index is 0.0312. The molecule has 2 bridgehead atoms. The van der Waals surface area contributed by atoms with Gasteiger partial charge in [-0.25, -0.2) is 9.78 Å². The summed E-state index contributed by atoms with van der Waals surface area (Å²) in [6.07, 6.45) is -1.39. The van der Waals surface area contributed by atoms with Crippen molar-refractivity contribution in [2.45, 2.75) is 51.8 Å². The number of rotatable bonds is 1. The summed E-state index contributed by atoms with van der Waals surface area (Å²) in [7, 11) is 0. The van der Waals surface area contributed by atoms with Gasteiger partial charge in [0.15, 0.2) is 0 Å². The molecule has 0 aromatic carbocycles. The van der Waals surface area contributed by atoms with Crippen molar-refractivity contribution in [2.75, 3.05) is 24.5 Å². The molecule has 2 aliphatic heterocycles. The zero-order valence-corrected chi connectivity index (χ0v) is 17.3. The van der Waals surface area contributed by atoms with Crippen LogP contribution in [0.2, 0.25) is 0 Å². The van der Waals surface area contributed by atoms with Crippen molar-refractivity contribution < 1.29 is 27.5 Å². The Hall–Kier alpha value is -2.32. The monoisotopic (exact) mass is 425 g/mol. The van der Waals surface area contributed by atoms with E-state index >= 15 is 0 Å². The molecule has 1 saturated carbocycles. The summed E-state index contributed by atoms with van der Waals surface area (Å²) in [6.45, 7) is 6.85. The molecule has 2 atom stereocenters. The molecule has 30 heavy (non-hydrogen) atoms. The van der Waals surface area contributed by atoms with Gasteiger partial charge in [0.1, 0.15) is 11.3 Å². The largest absolute Gasteiger partial charge is 0.444 e. The number of nitrogens with zero attached hydrogens (tertiary/aromatic N) is 3.